The average molecular weight is 234 g/mol. The largest absolute Gasteiger partial charge is 0.440 e. The lowest BCUT2D eigenvalue weighted by Gasteiger charge is -2.14. The highest BCUT2D eigenvalue weighted by molar-refractivity contribution is 7.99. The van der Waals surface area contributed by atoms with Gasteiger partial charge in [0, 0.05) is 10.9 Å². The SMILES string of the molecule is CNC(C)c1ccccc1Sc1ncco1. The molecule has 0 saturated carbocycles. The van der Waals surface area contributed by atoms with Crippen LogP contribution in [0.25, 0.3) is 0 Å². The quantitative estimate of drug-likeness (QED) is 0.882. The Kier molecular flexibility index (Phi) is 3.64. The Balaban J connectivity index is 2.26. The number of hydrogen-bond donors (Lipinski definition) is 1. The van der Waals surface area contributed by atoms with Crippen LogP contribution < -0.4 is 5.32 Å². The molecule has 1 atom stereocenters. The third-order valence-electron chi connectivity index (χ3n) is 2.43. The molecule has 1 unspecified atom stereocenters. The number of aromatic nitrogens is 1. The van der Waals surface area contributed by atoms with Crippen molar-refractivity contribution in [2.45, 2.75) is 23.1 Å². The fourth-order valence-corrected chi connectivity index (χ4v) is 2.36. The molecule has 0 aliphatic rings. The fourth-order valence-electron chi connectivity index (χ4n) is 1.44. The van der Waals surface area contributed by atoms with Crippen molar-refractivity contribution < 1.29 is 4.42 Å². The van der Waals surface area contributed by atoms with E-state index >= 15 is 0 Å². The van der Waals surface area contributed by atoms with Crippen LogP contribution in [0.1, 0.15) is 18.5 Å². The molecule has 0 amide bonds. The number of hydrogen-bond acceptors (Lipinski definition) is 4. The summed E-state index contributed by atoms with van der Waals surface area (Å²) in [5.74, 6) is 0. The van der Waals surface area contributed by atoms with Crippen LogP contribution >= 0.6 is 11.8 Å². The first-order valence-electron chi connectivity index (χ1n) is 5.15. The van der Waals surface area contributed by atoms with Crippen LogP contribution in [0.5, 0.6) is 0 Å². The van der Waals surface area contributed by atoms with Crippen LogP contribution in [0.15, 0.2) is 51.3 Å². The minimum atomic E-state index is 0.318. The van der Waals surface area contributed by atoms with Crippen LogP contribution in [0, 0.1) is 0 Å². The molecule has 0 aliphatic heterocycles. The second kappa shape index (κ2) is 5.18. The highest BCUT2D eigenvalue weighted by Crippen LogP contribution is 2.31. The molecule has 2 rings (SSSR count). The van der Waals surface area contributed by atoms with Crippen LogP contribution in [0.3, 0.4) is 0 Å². The molecular formula is C12H14N2OS. The summed E-state index contributed by atoms with van der Waals surface area (Å²) in [7, 11) is 1.96. The standard InChI is InChI=1S/C12H14N2OS/c1-9(13-2)10-5-3-4-6-11(10)16-12-14-7-8-15-12/h3-9,13H,1-2H3. The number of benzene rings is 1. The molecule has 0 radical (unpaired) electrons. The fraction of sp³-hybridized carbons (Fsp3) is 0.250. The van der Waals surface area contributed by atoms with Gasteiger partial charge in [-0.2, -0.15) is 0 Å². The van der Waals surface area contributed by atoms with Crippen LogP contribution in [-0.4, -0.2) is 12.0 Å². The molecule has 0 saturated heterocycles. The molecule has 1 heterocycles. The Morgan fingerprint density at radius 2 is 2.19 bits per heavy atom. The van der Waals surface area contributed by atoms with Crippen molar-refractivity contribution >= 4 is 11.8 Å². The summed E-state index contributed by atoms with van der Waals surface area (Å²) < 4.78 is 5.24. The monoisotopic (exact) mass is 234 g/mol. The summed E-state index contributed by atoms with van der Waals surface area (Å²) in [5.41, 5.74) is 1.26. The maximum Gasteiger partial charge on any atom is 0.260 e. The summed E-state index contributed by atoms with van der Waals surface area (Å²) in [5, 5.41) is 3.91. The first kappa shape index (κ1) is 11.2. The van der Waals surface area contributed by atoms with Gasteiger partial charge in [0.25, 0.3) is 5.22 Å². The van der Waals surface area contributed by atoms with E-state index in [2.05, 4.69) is 29.4 Å². The Labute approximate surface area is 99.3 Å². The third-order valence-corrected chi connectivity index (χ3v) is 3.39. The molecule has 84 valence electrons. The van der Waals surface area contributed by atoms with Gasteiger partial charge in [-0.1, -0.05) is 18.2 Å². The van der Waals surface area contributed by atoms with Gasteiger partial charge in [-0.15, -0.1) is 0 Å². The predicted octanol–water partition coefficient (Wildman–Crippen LogP) is 3.11. The van der Waals surface area contributed by atoms with Crippen LogP contribution in [0.4, 0.5) is 0 Å². The van der Waals surface area contributed by atoms with Crippen molar-refractivity contribution in [1.82, 2.24) is 10.3 Å². The van der Waals surface area contributed by atoms with Crippen molar-refractivity contribution in [3.63, 3.8) is 0 Å². The van der Waals surface area contributed by atoms with Crippen molar-refractivity contribution in [3.8, 4) is 0 Å². The maximum atomic E-state index is 5.24. The van der Waals surface area contributed by atoms with Gasteiger partial charge in [-0.3, -0.25) is 0 Å². The Hall–Kier alpha value is -1.26. The highest BCUT2D eigenvalue weighted by atomic mass is 32.2. The molecule has 1 N–H and O–H groups in total. The van der Waals surface area contributed by atoms with Gasteiger partial charge in [0.1, 0.15) is 6.26 Å². The summed E-state index contributed by atoms with van der Waals surface area (Å²) in [6, 6.07) is 8.59. The first-order valence-corrected chi connectivity index (χ1v) is 5.96. The van der Waals surface area contributed by atoms with E-state index in [9.17, 15) is 0 Å². The molecule has 0 fully saturated rings. The topological polar surface area (TPSA) is 38.1 Å². The molecule has 0 aliphatic carbocycles. The lowest BCUT2D eigenvalue weighted by atomic mass is 10.1. The zero-order valence-corrected chi connectivity index (χ0v) is 10.1. The van der Waals surface area contributed by atoms with Crippen LogP contribution in [0.2, 0.25) is 0 Å². The number of oxazole rings is 1. The zero-order chi connectivity index (χ0) is 11.4. The lowest BCUT2D eigenvalue weighted by molar-refractivity contribution is 0.454. The number of nitrogens with zero attached hydrogens (tertiary/aromatic N) is 1. The molecule has 1 aromatic carbocycles. The van der Waals surface area contributed by atoms with E-state index in [1.54, 1.807) is 24.2 Å². The molecule has 2 aromatic rings. The summed E-state index contributed by atoms with van der Waals surface area (Å²) in [6.45, 7) is 2.13. The van der Waals surface area contributed by atoms with Crippen molar-refractivity contribution in [2.75, 3.05) is 7.05 Å². The molecular weight excluding hydrogens is 220 g/mol. The normalized spacial score (nSPS) is 12.6. The third kappa shape index (κ3) is 2.46. The lowest BCUT2D eigenvalue weighted by Crippen LogP contribution is -2.12. The zero-order valence-electron chi connectivity index (χ0n) is 9.31. The summed E-state index contributed by atoms with van der Waals surface area (Å²) in [6.07, 6.45) is 3.25. The van der Waals surface area contributed by atoms with E-state index in [0.29, 0.717) is 11.3 Å². The van der Waals surface area contributed by atoms with Gasteiger partial charge in [0.2, 0.25) is 0 Å². The maximum absolute atomic E-state index is 5.24. The van der Waals surface area contributed by atoms with Gasteiger partial charge in [0.05, 0.1) is 6.20 Å². The average Bonchev–Trinajstić information content (AvgIpc) is 2.82. The molecule has 0 bridgehead atoms. The van der Waals surface area contributed by atoms with Gasteiger partial charge in [-0.25, -0.2) is 4.98 Å². The smallest absolute Gasteiger partial charge is 0.260 e. The van der Waals surface area contributed by atoms with E-state index in [1.165, 1.54) is 10.5 Å². The van der Waals surface area contributed by atoms with Crippen molar-refractivity contribution in [3.05, 3.63) is 42.3 Å². The van der Waals surface area contributed by atoms with E-state index in [0.717, 1.165) is 0 Å². The van der Waals surface area contributed by atoms with Crippen molar-refractivity contribution in [2.24, 2.45) is 0 Å². The molecule has 1 aromatic heterocycles. The predicted molar refractivity (Wildman–Crippen MR) is 64.5 cm³/mol. The van der Waals surface area contributed by atoms with Gasteiger partial charge in [-0.05, 0) is 37.4 Å². The van der Waals surface area contributed by atoms with E-state index in [4.69, 9.17) is 4.42 Å². The summed E-state index contributed by atoms with van der Waals surface area (Å²) in [4.78, 5) is 5.29. The Morgan fingerprint density at radius 1 is 1.38 bits per heavy atom. The van der Waals surface area contributed by atoms with Gasteiger partial charge < -0.3 is 9.73 Å². The second-order valence-electron chi connectivity index (χ2n) is 3.45. The Morgan fingerprint density at radius 3 is 2.88 bits per heavy atom. The number of rotatable bonds is 4. The molecule has 0 spiro atoms. The number of nitrogens with one attached hydrogen (secondary N) is 1. The van der Waals surface area contributed by atoms with E-state index in [-0.39, 0.29) is 0 Å². The van der Waals surface area contributed by atoms with Gasteiger partial charge in [0.15, 0.2) is 0 Å². The van der Waals surface area contributed by atoms with Crippen molar-refractivity contribution in [1.29, 1.82) is 0 Å². The Bertz CT molecular complexity index is 442. The van der Waals surface area contributed by atoms with Crippen LogP contribution in [-0.2, 0) is 0 Å². The van der Waals surface area contributed by atoms with E-state index in [1.807, 2.05) is 19.2 Å². The summed E-state index contributed by atoms with van der Waals surface area (Å²) >= 11 is 1.55. The molecule has 4 heteroatoms. The van der Waals surface area contributed by atoms with E-state index < -0.39 is 0 Å². The highest BCUT2D eigenvalue weighted by Gasteiger charge is 2.10. The van der Waals surface area contributed by atoms with Gasteiger partial charge >= 0.3 is 0 Å². The minimum Gasteiger partial charge on any atom is -0.440 e. The molecule has 3 nitrogen and oxygen atoms in total. The first-order chi connectivity index (χ1) is 7.81. The minimum absolute atomic E-state index is 0.318. The molecule has 16 heavy (non-hydrogen) atoms. The second-order valence-corrected chi connectivity index (χ2v) is 4.44.